The van der Waals surface area contributed by atoms with Crippen LogP contribution >= 0.6 is 0 Å². The van der Waals surface area contributed by atoms with Crippen molar-refractivity contribution in [2.24, 2.45) is 11.7 Å². The summed E-state index contributed by atoms with van der Waals surface area (Å²) in [5.74, 6) is 0.800. The molecule has 1 aliphatic carbocycles. The van der Waals surface area contributed by atoms with E-state index in [0.29, 0.717) is 12.1 Å². The summed E-state index contributed by atoms with van der Waals surface area (Å²) in [5, 5.41) is 0. The molecule has 2 unspecified atom stereocenters. The lowest BCUT2D eigenvalue weighted by Gasteiger charge is -2.31. The van der Waals surface area contributed by atoms with E-state index in [4.69, 9.17) is 5.73 Å². The molecule has 0 aliphatic heterocycles. The van der Waals surface area contributed by atoms with Crippen molar-refractivity contribution in [3.05, 3.63) is 0 Å². The first kappa shape index (κ1) is 13.0. The first-order chi connectivity index (χ1) is 7.11. The number of nitrogens with zero attached hydrogens (tertiary/aromatic N) is 1. The van der Waals surface area contributed by atoms with Gasteiger partial charge in [0.05, 0.1) is 0 Å². The smallest absolute Gasteiger partial charge is 0.0244 e. The van der Waals surface area contributed by atoms with E-state index in [1.165, 1.54) is 45.1 Å². The molecule has 2 heteroatoms. The van der Waals surface area contributed by atoms with Crippen LogP contribution in [0.25, 0.3) is 0 Å². The molecule has 1 rings (SSSR count). The molecule has 0 radical (unpaired) electrons. The average molecular weight is 212 g/mol. The molecule has 0 aromatic carbocycles. The first-order valence-corrected chi connectivity index (χ1v) is 6.57. The second kappa shape index (κ2) is 6.49. The summed E-state index contributed by atoms with van der Waals surface area (Å²) in [4.78, 5) is 2.50. The number of hydrogen-bond acceptors (Lipinski definition) is 2. The van der Waals surface area contributed by atoms with Crippen LogP contribution in [0.4, 0.5) is 0 Å². The minimum absolute atomic E-state index is 0.407. The average Bonchev–Trinajstić information content (AvgIpc) is 2.39. The maximum absolute atomic E-state index is 6.24. The van der Waals surface area contributed by atoms with Crippen molar-refractivity contribution in [3.8, 4) is 0 Å². The molecule has 0 aromatic heterocycles. The van der Waals surface area contributed by atoms with E-state index in [1.54, 1.807) is 0 Å². The Hall–Kier alpha value is -0.0800. The molecule has 2 atom stereocenters. The fraction of sp³-hybridized carbons (Fsp3) is 1.00. The van der Waals surface area contributed by atoms with Gasteiger partial charge in [0.2, 0.25) is 0 Å². The summed E-state index contributed by atoms with van der Waals surface area (Å²) >= 11 is 0. The topological polar surface area (TPSA) is 29.3 Å². The molecule has 1 saturated carbocycles. The SMILES string of the molecule is CC(C)CCN(C)C1CCCCCC1N. The Kier molecular flexibility index (Phi) is 5.62. The van der Waals surface area contributed by atoms with Crippen LogP contribution < -0.4 is 5.73 Å². The third-order valence-corrected chi connectivity index (χ3v) is 3.66. The van der Waals surface area contributed by atoms with Crippen molar-refractivity contribution in [2.75, 3.05) is 13.6 Å². The van der Waals surface area contributed by atoms with Gasteiger partial charge in [0.1, 0.15) is 0 Å². The van der Waals surface area contributed by atoms with Crippen LogP contribution in [0.15, 0.2) is 0 Å². The van der Waals surface area contributed by atoms with Gasteiger partial charge in [-0.15, -0.1) is 0 Å². The highest BCUT2D eigenvalue weighted by Crippen LogP contribution is 2.20. The molecule has 0 spiro atoms. The van der Waals surface area contributed by atoms with Gasteiger partial charge in [0.15, 0.2) is 0 Å². The van der Waals surface area contributed by atoms with Gasteiger partial charge in [-0.25, -0.2) is 0 Å². The van der Waals surface area contributed by atoms with E-state index < -0.39 is 0 Å². The fourth-order valence-corrected chi connectivity index (χ4v) is 2.49. The predicted octanol–water partition coefficient (Wildman–Crippen LogP) is 2.62. The standard InChI is InChI=1S/C13H28N2/c1-11(2)9-10-15(3)13-8-6-4-5-7-12(13)14/h11-13H,4-10,14H2,1-3H3. The van der Waals surface area contributed by atoms with Crippen molar-refractivity contribution >= 4 is 0 Å². The van der Waals surface area contributed by atoms with Crippen molar-refractivity contribution < 1.29 is 0 Å². The lowest BCUT2D eigenvalue weighted by atomic mass is 10.0. The lowest BCUT2D eigenvalue weighted by Crippen LogP contribution is -2.45. The molecule has 0 aromatic rings. The molecule has 2 nitrogen and oxygen atoms in total. The highest BCUT2D eigenvalue weighted by Gasteiger charge is 2.23. The molecule has 2 N–H and O–H groups in total. The molecule has 15 heavy (non-hydrogen) atoms. The van der Waals surface area contributed by atoms with Crippen LogP contribution in [0, 0.1) is 5.92 Å². The highest BCUT2D eigenvalue weighted by molar-refractivity contribution is 4.83. The zero-order chi connectivity index (χ0) is 11.3. The second-order valence-electron chi connectivity index (χ2n) is 5.53. The van der Waals surface area contributed by atoms with E-state index in [1.807, 2.05) is 0 Å². The Bertz CT molecular complexity index is 168. The molecule has 0 saturated heterocycles. The predicted molar refractivity (Wildman–Crippen MR) is 66.9 cm³/mol. The Morgan fingerprint density at radius 3 is 2.53 bits per heavy atom. The largest absolute Gasteiger partial charge is 0.326 e. The molecule has 0 amide bonds. The third-order valence-electron chi connectivity index (χ3n) is 3.66. The van der Waals surface area contributed by atoms with Crippen molar-refractivity contribution in [1.82, 2.24) is 4.90 Å². The molecular formula is C13H28N2. The normalized spacial score (nSPS) is 28.4. The van der Waals surface area contributed by atoms with Crippen LogP contribution in [0.2, 0.25) is 0 Å². The van der Waals surface area contributed by atoms with Crippen molar-refractivity contribution in [1.29, 1.82) is 0 Å². The summed E-state index contributed by atoms with van der Waals surface area (Å²) in [6.45, 7) is 5.79. The quantitative estimate of drug-likeness (QED) is 0.726. The van der Waals surface area contributed by atoms with Crippen LogP contribution in [0.5, 0.6) is 0 Å². The number of rotatable bonds is 4. The Balaban J connectivity index is 2.37. The van der Waals surface area contributed by atoms with Crippen molar-refractivity contribution in [2.45, 2.75) is 64.5 Å². The minimum atomic E-state index is 0.407. The summed E-state index contributed by atoms with van der Waals surface area (Å²) < 4.78 is 0. The van der Waals surface area contributed by atoms with Gasteiger partial charge in [-0.2, -0.15) is 0 Å². The Morgan fingerprint density at radius 2 is 1.87 bits per heavy atom. The summed E-state index contributed by atoms with van der Waals surface area (Å²) in [7, 11) is 2.25. The van der Waals surface area contributed by atoms with Crippen LogP contribution in [0.3, 0.4) is 0 Å². The van der Waals surface area contributed by atoms with Gasteiger partial charge < -0.3 is 10.6 Å². The Morgan fingerprint density at radius 1 is 1.20 bits per heavy atom. The van der Waals surface area contributed by atoms with Gasteiger partial charge in [-0.3, -0.25) is 0 Å². The highest BCUT2D eigenvalue weighted by atomic mass is 15.1. The fourth-order valence-electron chi connectivity index (χ4n) is 2.49. The molecule has 0 heterocycles. The van der Waals surface area contributed by atoms with E-state index >= 15 is 0 Å². The third kappa shape index (κ3) is 4.52. The summed E-state index contributed by atoms with van der Waals surface area (Å²) in [6.07, 6.45) is 7.88. The summed E-state index contributed by atoms with van der Waals surface area (Å²) in [5.41, 5.74) is 6.24. The molecule has 0 bridgehead atoms. The van der Waals surface area contributed by atoms with Gasteiger partial charge in [0.25, 0.3) is 0 Å². The zero-order valence-corrected chi connectivity index (χ0v) is 10.7. The van der Waals surface area contributed by atoms with Gasteiger partial charge in [-0.1, -0.05) is 33.1 Å². The second-order valence-corrected chi connectivity index (χ2v) is 5.53. The minimum Gasteiger partial charge on any atom is -0.326 e. The number of hydrogen-bond donors (Lipinski definition) is 1. The maximum Gasteiger partial charge on any atom is 0.0244 e. The number of nitrogens with two attached hydrogens (primary N) is 1. The van der Waals surface area contributed by atoms with Crippen LogP contribution in [0.1, 0.15) is 52.4 Å². The molecular weight excluding hydrogens is 184 g/mol. The molecule has 90 valence electrons. The van der Waals surface area contributed by atoms with Gasteiger partial charge in [0, 0.05) is 12.1 Å². The Labute approximate surface area is 95.2 Å². The van der Waals surface area contributed by atoms with Crippen LogP contribution in [-0.2, 0) is 0 Å². The van der Waals surface area contributed by atoms with Crippen LogP contribution in [-0.4, -0.2) is 30.6 Å². The molecule has 1 aliphatic rings. The van der Waals surface area contributed by atoms with Crippen molar-refractivity contribution in [3.63, 3.8) is 0 Å². The van der Waals surface area contributed by atoms with Gasteiger partial charge in [-0.05, 0) is 38.8 Å². The molecule has 1 fully saturated rings. The van der Waals surface area contributed by atoms with E-state index in [9.17, 15) is 0 Å². The van der Waals surface area contributed by atoms with Gasteiger partial charge >= 0.3 is 0 Å². The lowest BCUT2D eigenvalue weighted by molar-refractivity contribution is 0.191. The number of likely N-dealkylation sites (N-methyl/N-ethyl adjacent to an activating group) is 1. The zero-order valence-electron chi connectivity index (χ0n) is 10.7. The van der Waals surface area contributed by atoms with E-state index in [0.717, 1.165) is 5.92 Å². The monoisotopic (exact) mass is 212 g/mol. The summed E-state index contributed by atoms with van der Waals surface area (Å²) in [6, 6.07) is 1.04. The van der Waals surface area contributed by atoms with E-state index in [2.05, 4.69) is 25.8 Å². The first-order valence-electron chi connectivity index (χ1n) is 6.57. The maximum atomic E-state index is 6.24. The van der Waals surface area contributed by atoms with E-state index in [-0.39, 0.29) is 0 Å².